The van der Waals surface area contributed by atoms with Crippen LogP contribution in [0.5, 0.6) is 0 Å². The van der Waals surface area contributed by atoms with E-state index in [9.17, 15) is 9.81 Å². The second kappa shape index (κ2) is 4.79. The fourth-order valence-corrected chi connectivity index (χ4v) is 3.17. The molecule has 0 amide bonds. The number of hydrogen-bond acceptors (Lipinski definition) is 3. The molecule has 0 aromatic carbocycles. The fraction of sp³-hybridized carbons (Fsp3) is 0.923. The van der Waals surface area contributed by atoms with E-state index < -0.39 is 11.4 Å². The number of rotatable bonds is 5. The molecule has 0 bridgehead atoms. The molecular weight excluding hydrogens is 232 g/mol. The molecule has 4 heteroatoms. The van der Waals surface area contributed by atoms with Crippen molar-refractivity contribution in [3.05, 3.63) is 0 Å². The number of hydrogen-bond donors (Lipinski definition) is 1. The Morgan fingerprint density at radius 1 is 1.24 bits per heavy atom. The second-order valence-electron chi connectivity index (χ2n) is 6.36. The lowest BCUT2D eigenvalue weighted by Crippen LogP contribution is -2.47. The van der Waals surface area contributed by atoms with Gasteiger partial charge in [-0.1, -0.05) is 0 Å². The quantitative estimate of drug-likeness (QED) is 0.766. The highest BCUT2D eigenvalue weighted by molar-refractivity contribution is 7.90. The molecule has 0 aromatic heterocycles. The van der Waals surface area contributed by atoms with Crippen LogP contribution >= 0.6 is 0 Å². The second-order valence-corrected chi connectivity index (χ2v) is 8.36. The smallest absolute Gasteiger partial charge is 0.142 e. The highest BCUT2D eigenvalue weighted by Gasteiger charge is 2.47. The molecule has 2 fully saturated rings. The van der Waals surface area contributed by atoms with Crippen LogP contribution < -0.4 is 4.72 Å². The van der Waals surface area contributed by atoms with E-state index in [1.54, 1.807) is 0 Å². The van der Waals surface area contributed by atoms with E-state index in [-0.39, 0.29) is 10.8 Å². The average Bonchev–Trinajstić information content (AvgIpc) is 3.09. The van der Waals surface area contributed by atoms with Gasteiger partial charge in [-0.15, -0.1) is 4.72 Å². The number of nitriles is 1. The summed E-state index contributed by atoms with van der Waals surface area (Å²) in [5.74, 6) is 1.85. The standard InChI is InChI=1S/C13H22N2OS/c1-13(2,3)17(16)15-11(8-14)12(9-4-5-9)10-6-7-10/h9-12,15H,4-7H2,1-3H3/t11-,17+/m1/s1. The molecule has 2 aliphatic rings. The Hall–Kier alpha value is -0.240. The zero-order valence-electron chi connectivity index (χ0n) is 10.9. The molecule has 3 nitrogen and oxygen atoms in total. The number of nitrogens with zero attached hydrogens (tertiary/aromatic N) is 1. The van der Waals surface area contributed by atoms with Gasteiger partial charge in [0.05, 0.1) is 6.07 Å². The molecule has 0 heterocycles. The minimum atomic E-state index is -1.14. The largest absolute Gasteiger partial charge is 0.598 e. The molecular formula is C13H22N2OS. The minimum Gasteiger partial charge on any atom is -0.598 e. The predicted octanol–water partition coefficient (Wildman–Crippen LogP) is 2.37. The molecule has 1 N–H and O–H groups in total. The summed E-state index contributed by atoms with van der Waals surface area (Å²) in [4.78, 5) is 0. The SMILES string of the molecule is CC(C)(C)[S@+]([O-])N[C@H](C#N)C(C1CC1)C1CC1. The van der Waals surface area contributed by atoms with Crippen LogP contribution in [0.15, 0.2) is 0 Å². The molecule has 17 heavy (non-hydrogen) atoms. The Kier molecular flexibility index (Phi) is 3.72. The van der Waals surface area contributed by atoms with Gasteiger partial charge < -0.3 is 4.55 Å². The van der Waals surface area contributed by atoms with Gasteiger partial charge in [0.15, 0.2) is 0 Å². The molecule has 0 aliphatic heterocycles. The van der Waals surface area contributed by atoms with Crippen LogP contribution in [0.3, 0.4) is 0 Å². The van der Waals surface area contributed by atoms with E-state index in [0.717, 1.165) is 0 Å². The summed E-state index contributed by atoms with van der Waals surface area (Å²) < 4.78 is 14.8. The van der Waals surface area contributed by atoms with Gasteiger partial charge >= 0.3 is 0 Å². The van der Waals surface area contributed by atoms with Crippen LogP contribution in [-0.2, 0) is 11.4 Å². The minimum absolute atomic E-state index is 0.227. The van der Waals surface area contributed by atoms with Crippen LogP contribution in [0.2, 0.25) is 0 Å². The van der Waals surface area contributed by atoms with Crippen molar-refractivity contribution in [1.29, 1.82) is 5.26 Å². The van der Waals surface area contributed by atoms with Crippen molar-refractivity contribution in [2.75, 3.05) is 0 Å². The van der Waals surface area contributed by atoms with E-state index >= 15 is 0 Å². The maximum Gasteiger partial charge on any atom is 0.142 e. The van der Waals surface area contributed by atoms with Crippen molar-refractivity contribution < 1.29 is 4.55 Å². The fourth-order valence-electron chi connectivity index (χ4n) is 2.37. The van der Waals surface area contributed by atoms with E-state index in [4.69, 9.17) is 0 Å². The van der Waals surface area contributed by atoms with Crippen LogP contribution in [0.1, 0.15) is 46.5 Å². The van der Waals surface area contributed by atoms with Crippen molar-refractivity contribution in [3.63, 3.8) is 0 Å². The summed E-state index contributed by atoms with van der Waals surface area (Å²) in [6.45, 7) is 5.81. The van der Waals surface area contributed by atoms with Crippen molar-refractivity contribution >= 4 is 11.4 Å². The van der Waals surface area contributed by atoms with E-state index in [1.807, 2.05) is 20.8 Å². The lowest BCUT2D eigenvalue weighted by atomic mass is 9.91. The van der Waals surface area contributed by atoms with E-state index in [2.05, 4.69) is 10.8 Å². The Morgan fingerprint density at radius 2 is 1.71 bits per heavy atom. The zero-order valence-corrected chi connectivity index (χ0v) is 11.7. The summed E-state index contributed by atoms with van der Waals surface area (Å²) in [6.07, 6.45) is 5.01. The highest BCUT2D eigenvalue weighted by Crippen LogP contribution is 2.50. The summed E-state index contributed by atoms with van der Waals surface area (Å²) in [5.41, 5.74) is 0. The summed E-state index contributed by atoms with van der Waals surface area (Å²) in [5, 5.41) is 9.32. The molecule has 2 rings (SSSR count). The molecule has 2 saturated carbocycles. The molecule has 2 aliphatic carbocycles. The van der Waals surface area contributed by atoms with Gasteiger partial charge in [0, 0.05) is 11.4 Å². The molecule has 0 spiro atoms. The monoisotopic (exact) mass is 254 g/mol. The van der Waals surface area contributed by atoms with Crippen LogP contribution in [0, 0.1) is 29.1 Å². The van der Waals surface area contributed by atoms with Gasteiger partial charge in [0.2, 0.25) is 0 Å². The van der Waals surface area contributed by atoms with Gasteiger partial charge in [-0.3, -0.25) is 0 Å². The summed E-state index contributed by atoms with van der Waals surface area (Å²) >= 11 is -1.14. The first-order valence-electron chi connectivity index (χ1n) is 6.51. The first-order valence-corrected chi connectivity index (χ1v) is 7.66. The Balaban J connectivity index is 1.97. The van der Waals surface area contributed by atoms with Gasteiger partial charge in [0.25, 0.3) is 0 Å². The molecule has 0 radical (unpaired) electrons. The first kappa shape index (κ1) is 13.2. The Morgan fingerprint density at radius 3 is 2.00 bits per heavy atom. The van der Waals surface area contributed by atoms with Crippen molar-refractivity contribution in [1.82, 2.24) is 4.72 Å². The Labute approximate surface area is 107 Å². The van der Waals surface area contributed by atoms with Gasteiger partial charge in [-0.25, -0.2) is 0 Å². The third-order valence-corrected chi connectivity index (χ3v) is 5.23. The summed E-state index contributed by atoms with van der Waals surface area (Å²) in [6, 6.07) is 2.12. The normalized spacial score (nSPS) is 24.5. The van der Waals surface area contributed by atoms with Gasteiger partial charge in [0.1, 0.15) is 10.8 Å². The molecule has 0 saturated heterocycles. The third kappa shape index (κ3) is 3.37. The van der Waals surface area contributed by atoms with Crippen molar-refractivity contribution in [3.8, 4) is 6.07 Å². The van der Waals surface area contributed by atoms with Crippen LogP contribution in [-0.4, -0.2) is 15.3 Å². The van der Waals surface area contributed by atoms with Crippen LogP contribution in [0.4, 0.5) is 0 Å². The third-order valence-electron chi connectivity index (χ3n) is 3.65. The molecule has 0 aromatic rings. The van der Waals surface area contributed by atoms with E-state index in [0.29, 0.717) is 17.8 Å². The van der Waals surface area contributed by atoms with E-state index in [1.165, 1.54) is 25.7 Å². The zero-order chi connectivity index (χ0) is 12.6. The summed E-state index contributed by atoms with van der Waals surface area (Å²) in [7, 11) is 0. The maximum atomic E-state index is 12.1. The van der Waals surface area contributed by atoms with Gasteiger partial charge in [-0.2, -0.15) is 5.26 Å². The van der Waals surface area contributed by atoms with Crippen molar-refractivity contribution in [2.24, 2.45) is 17.8 Å². The average molecular weight is 254 g/mol. The molecule has 2 atom stereocenters. The van der Waals surface area contributed by atoms with Gasteiger partial charge in [-0.05, 0) is 64.2 Å². The predicted molar refractivity (Wildman–Crippen MR) is 69.4 cm³/mol. The van der Waals surface area contributed by atoms with Crippen molar-refractivity contribution in [2.45, 2.75) is 57.2 Å². The molecule has 0 unspecified atom stereocenters. The molecule has 96 valence electrons. The Bertz CT molecular complexity index is 300. The number of nitrogens with one attached hydrogen (secondary N) is 1. The topological polar surface area (TPSA) is 58.9 Å². The lowest BCUT2D eigenvalue weighted by Gasteiger charge is -2.29. The lowest BCUT2D eigenvalue weighted by molar-refractivity contribution is 0.353. The van der Waals surface area contributed by atoms with Crippen LogP contribution in [0.25, 0.3) is 0 Å². The maximum absolute atomic E-state index is 12.1. The highest BCUT2D eigenvalue weighted by atomic mass is 32.2. The first-order chi connectivity index (χ1) is 7.93.